The minimum absolute atomic E-state index is 0.0682. The third kappa shape index (κ3) is 5.40. The maximum absolute atomic E-state index is 12.0. The van der Waals surface area contributed by atoms with Gasteiger partial charge in [-0.15, -0.1) is 16.8 Å². The van der Waals surface area contributed by atoms with E-state index in [1.165, 1.54) is 17.3 Å². The van der Waals surface area contributed by atoms with Crippen LogP contribution >= 0.6 is 27.7 Å². The summed E-state index contributed by atoms with van der Waals surface area (Å²) in [6.07, 6.45) is 1.66. The number of carbonyl (C=O) groups excluding carboxylic acids is 1. The third-order valence-electron chi connectivity index (χ3n) is 4.50. The zero-order valence-corrected chi connectivity index (χ0v) is 19.8. The van der Waals surface area contributed by atoms with E-state index in [2.05, 4.69) is 83.1 Å². The number of aromatic nitrogens is 3. The fourth-order valence-electron chi connectivity index (χ4n) is 2.86. The molecule has 2 aromatic carbocycles. The van der Waals surface area contributed by atoms with Gasteiger partial charge in [-0.3, -0.25) is 9.36 Å². The Labute approximate surface area is 190 Å². The molecule has 0 aliphatic carbocycles. The molecule has 1 N–H and O–H groups in total. The highest BCUT2D eigenvalue weighted by molar-refractivity contribution is 9.10. The lowest BCUT2D eigenvalue weighted by molar-refractivity contribution is -0.118. The second-order valence-electron chi connectivity index (χ2n) is 7.83. The molecular formula is C23H25BrN4OS. The van der Waals surface area contributed by atoms with Gasteiger partial charge in [0.15, 0.2) is 11.0 Å². The predicted octanol–water partition coefficient (Wildman–Crippen LogP) is 5.39. The van der Waals surface area contributed by atoms with E-state index in [0.29, 0.717) is 11.7 Å². The second kappa shape index (κ2) is 9.62. The summed E-state index contributed by atoms with van der Waals surface area (Å²) in [5.74, 6) is 0.930. The lowest BCUT2D eigenvalue weighted by Crippen LogP contribution is -2.25. The van der Waals surface area contributed by atoms with Crippen molar-refractivity contribution in [3.8, 4) is 17.1 Å². The Bertz CT molecular complexity index is 1020. The Balaban J connectivity index is 1.97. The van der Waals surface area contributed by atoms with Crippen LogP contribution in [-0.4, -0.2) is 33.0 Å². The number of thioether (sulfide) groups is 1. The molecule has 0 atom stereocenters. The smallest absolute Gasteiger partial charge is 0.230 e. The van der Waals surface area contributed by atoms with Crippen LogP contribution in [0.15, 0.2) is 70.8 Å². The van der Waals surface area contributed by atoms with E-state index in [1.54, 1.807) is 6.08 Å². The van der Waals surface area contributed by atoms with Crippen LogP contribution < -0.4 is 5.32 Å². The van der Waals surface area contributed by atoms with E-state index in [0.717, 1.165) is 21.5 Å². The lowest BCUT2D eigenvalue weighted by Gasteiger charge is -2.19. The number of halogens is 1. The summed E-state index contributed by atoms with van der Waals surface area (Å²) >= 11 is 4.84. The third-order valence-corrected chi connectivity index (χ3v) is 5.96. The molecule has 156 valence electrons. The van der Waals surface area contributed by atoms with Gasteiger partial charge in [-0.2, -0.15) is 0 Å². The van der Waals surface area contributed by atoms with E-state index in [4.69, 9.17) is 0 Å². The van der Waals surface area contributed by atoms with Crippen LogP contribution in [0, 0.1) is 0 Å². The van der Waals surface area contributed by atoms with Crippen molar-refractivity contribution >= 4 is 33.6 Å². The molecule has 0 unspecified atom stereocenters. The Morgan fingerprint density at radius 3 is 2.40 bits per heavy atom. The van der Waals surface area contributed by atoms with Gasteiger partial charge in [0.25, 0.3) is 0 Å². The largest absolute Gasteiger partial charge is 0.352 e. The predicted molar refractivity (Wildman–Crippen MR) is 127 cm³/mol. The number of benzene rings is 2. The first-order valence-electron chi connectivity index (χ1n) is 9.62. The van der Waals surface area contributed by atoms with E-state index in [9.17, 15) is 4.79 Å². The molecule has 30 heavy (non-hydrogen) atoms. The number of hydrogen-bond acceptors (Lipinski definition) is 4. The standard InChI is InChI=1S/C23H25BrN4OS/c1-5-14-25-20(29)15-30-22-27-26-21(28(22)19-12-10-18(24)11-13-19)16-6-8-17(9-7-16)23(2,3)4/h5-13H,1,14-15H2,2-4H3,(H,25,29). The number of rotatable bonds is 7. The van der Waals surface area contributed by atoms with Gasteiger partial charge in [-0.1, -0.05) is 78.8 Å². The van der Waals surface area contributed by atoms with Crippen LogP contribution in [0.25, 0.3) is 17.1 Å². The molecule has 3 rings (SSSR count). The fraction of sp³-hybridized carbons (Fsp3) is 0.261. The molecule has 1 amide bonds. The molecule has 0 radical (unpaired) electrons. The van der Waals surface area contributed by atoms with Gasteiger partial charge in [0.05, 0.1) is 5.75 Å². The summed E-state index contributed by atoms with van der Waals surface area (Å²) in [7, 11) is 0. The molecule has 5 nitrogen and oxygen atoms in total. The Morgan fingerprint density at radius 1 is 1.13 bits per heavy atom. The summed E-state index contributed by atoms with van der Waals surface area (Å²) in [6, 6.07) is 16.4. The lowest BCUT2D eigenvalue weighted by atomic mass is 9.87. The quantitative estimate of drug-likeness (QED) is 0.360. The van der Waals surface area contributed by atoms with Crippen LogP contribution in [0.4, 0.5) is 0 Å². The van der Waals surface area contributed by atoms with Gasteiger partial charge < -0.3 is 5.32 Å². The summed E-state index contributed by atoms with van der Waals surface area (Å²) in [5.41, 5.74) is 3.25. The SMILES string of the molecule is C=CCNC(=O)CSc1nnc(-c2ccc(C(C)(C)C)cc2)n1-c1ccc(Br)cc1. The van der Waals surface area contributed by atoms with E-state index >= 15 is 0 Å². The van der Waals surface area contributed by atoms with E-state index < -0.39 is 0 Å². The summed E-state index contributed by atoms with van der Waals surface area (Å²) in [4.78, 5) is 12.0. The molecule has 0 fully saturated rings. The van der Waals surface area contributed by atoms with Crippen LogP contribution in [0.3, 0.4) is 0 Å². The number of carbonyl (C=O) groups is 1. The van der Waals surface area contributed by atoms with Crippen molar-refractivity contribution in [1.29, 1.82) is 0 Å². The Hall–Kier alpha value is -2.38. The van der Waals surface area contributed by atoms with Gasteiger partial charge in [-0.25, -0.2) is 0 Å². The molecule has 0 spiro atoms. The fourth-order valence-corrected chi connectivity index (χ4v) is 3.91. The minimum atomic E-state index is -0.0682. The average Bonchev–Trinajstić information content (AvgIpc) is 3.14. The average molecular weight is 485 g/mol. The molecule has 0 bridgehead atoms. The Morgan fingerprint density at radius 2 is 1.80 bits per heavy atom. The molecule has 3 aromatic rings. The number of nitrogens with one attached hydrogen (secondary N) is 1. The maximum Gasteiger partial charge on any atom is 0.230 e. The molecule has 0 saturated carbocycles. The van der Waals surface area contributed by atoms with Crippen molar-refractivity contribution in [3.63, 3.8) is 0 Å². The molecule has 0 aliphatic rings. The zero-order chi connectivity index (χ0) is 21.7. The highest BCUT2D eigenvalue weighted by atomic mass is 79.9. The number of hydrogen-bond donors (Lipinski definition) is 1. The van der Waals surface area contributed by atoms with Crippen molar-refractivity contribution in [2.45, 2.75) is 31.3 Å². The molecular weight excluding hydrogens is 460 g/mol. The molecule has 1 heterocycles. The van der Waals surface area contributed by atoms with Gasteiger partial charge >= 0.3 is 0 Å². The van der Waals surface area contributed by atoms with Crippen molar-refractivity contribution < 1.29 is 4.79 Å². The molecule has 0 aliphatic heterocycles. The minimum Gasteiger partial charge on any atom is -0.352 e. The van der Waals surface area contributed by atoms with Crippen LogP contribution in [-0.2, 0) is 10.2 Å². The monoisotopic (exact) mass is 484 g/mol. The molecule has 0 saturated heterocycles. The van der Waals surface area contributed by atoms with E-state index in [1.807, 2.05) is 28.8 Å². The molecule has 7 heteroatoms. The van der Waals surface area contributed by atoms with E-state index in [-0.39, 0.29) is 17.1 Å². The first-order valence-corrected chi connectivity index (χ1v) is 11.4. The first-order chi connectivity index (χ1) is 14.3. The number of nitrogens with zero attached hydrogens (tertiary/aromatic N) is 3. The highest BCUT2D eigenvalue weighted by Gasteiger charge is 2.19. The van der Waals surface area contributed by atoms with Gasteiger partial charge in [-0.05, 0) is 35.2 Å². The molecule has 1 aromatic heterocycles. The highest BCUT2D eigenvalue weighted by Crippen LogP contribution is 2.30. The van der Waals surface area contributed by atoms with Crippen LogP contribution in [0.2, 0.25) is 0 Å². The normalized spacial score (nSPS) is 11.3. The Kier molecular flexibility index (Phi) is 7.15. The van der Waals surface area contributed by atoms with Gasteiger partial charge in [0.1, 0.15) is 0 Å². The summed E-state index contributed by atoms with van der Waals surface area (Å²) < 4.78 is 2.98. The first kappa shape index (κ1) is 22.3. The van der Waals surface area contributed by atoms with Crippen molar-refractivity contribution in [3.05, 3.63) is 71.2 Å². The second-order valence-corrected chi connectivity index (χ2v) is 9.68. The van der Waals surface area contributed by atoms with Gasteiger partial charge in [0.2, 0.25) is 5.91 Å². The van der Waals surface area contributed by atoms with Crippen LogP contribution in [0.1, 0.15) is 26.3 Å². The van der Waals surface area contributed by atoms with Crippen molar-refractivity contribution in [1.82, 2.24) is 20.1 Å². The van der Waals surface area contributed by atoms with Crippen molar-refractivity contribution in [2.75, 3.05) is 12.3 Å². The van der Waals surface area contributed by atoms with Crippen molar-refractivity contribution in [2.24, 2.45) is 0 Å². The maximum atomic E-state index is 12.0. The van der Waals surface area contributed by atoms with Crippen LogP contribution in [0.5, 0.6) is 0 Å². The summed E-state index contributed by atoms with van der Waals surface area (Å²) in [5, 5.41) is 12.3. The zero-order valence-electron chi connectivity index (χ0n) is 17.4. The topological polar surface area (TPSA) is 59.8 Å². The van der Waals surface area contributed by atoms with Gasteiger partial charge in [0, 0.05) is 22.3 Å². The summed E-state index contributed by atoms with van der Waals surface area (Å²) in [6.45, 7) is 10.6. The number of amides is 1.